The molecule has 0 spiro atoms. The molecule has 0 saturated carbocycles. The number of esters is 1. The van der Waals surface area contributed by atoms with Crippen LogP contribution < -0.4 is 0 Å². The highest BCUT2D eigenvalue weighted by Crippen LogP contribution is 2.21. The Morgan fingerprint density at radius 3 is 2.78 bits per heavy atom. The van der Waals surface area contributed by atoms with Gasteiger partial charge in [0.05, 0.1) is 18.9 Å². The van der Waals surface area contributed by atoms with Gasteiger partial charge in [0.15, 0.2) is 5.78 Å². The van der Waals surface area contributed by atoms with Gasteiger partial charge in [0, 0.05) is 19.4 Å². The van der Waals surface area contributed by atoms with E-state index in [1.54, 1.807) is 17.8 Å². The van der Waals surface area contributed by atoms with Crippen LogP contribution in [0.5, 0.6) is 0 Å². The van der Waals surface area contributed by atoms with Crippen molar-refractivity contribution in [3.8, 4) is 0 Å². The zero-order valence-corrected chi connectivity index (χ0v) is 16.6. The fourth-order valence-electron chi connectivity index (χ4n) is 3.02. The molecular weight excluding hydrogens is 362 g/mol. The fraction of sp³-hybridized carbons (Fsp3) is 0.476. The van der Waals surface area contributed by atoms with Crippen LogP contribution in [0.2, 0.25) is 0 Å². The van der Waals surface area contributed by atoms with E-state index in [0.717, 1.165) is 30.6 Å². The minimum Gasteiger partial charge on any atom is -0.468 e. The third-order valence-corrected chi connectivity index (χ3v) is 5.50. The van der Waals surface area contributed by atoms with E-state index in [1.807, 2.05) is 41.3 Å². The number of benzene rings is 1. The number of ether oxygens (including phenoxy) is 1. The number of methoxy groups -OCH3 is 1. The van der Waals surface area contributed by atoms with Crippen LogP contribution in [0.4, 0.5) is 0 Å². The van der Waals surface area contributed by atoms with Gasteiger partial charge < -0.3 is 9.64 Å². The molecule has 27 heavy (non-hydrogen) atoms. The van der Waals surface area contributed by atoms with Crippen LogP contribution in [0.3, 0.4) is 0 Å². The molecule has 1 aromatic carbocycles. The SMILES string of the molecule is COC(=O)CSCCCCN1C(=O)CCC1C=CC(=O)Cc1ccccc1. The van der Waals surface area contributed by atoms with Gasteiger partial charge >= 0.3 is 5.97 Å². The third kappa shape index (κ3) is 7.59. The minimum atomic E-state index is -0.208. The molecular formula is C21H27NO4S. The molecule has 1 unspecified atom stereocenters. The van der Waals surface area contributed by atoms with Crippen molar-refractivity contribution in [1.82, 2.24) is 4.90 Å². The van der Waals surface area contributed by atoms with Crippen LogP contribution in [0, 0.1) is 0 Å². The van der Waals surface area contributed by atoms with Gasteiger partial charge in [-0.15, -0.1) is 0 Å². The number of nitrogens with zero attached hydrogens (tertiary/aromatic N) is 1. The summed E-state index contributed by atoms with van der Waals surface area (Å²) >= 11 is 1.55. The number of unbranched alkanes of at least 4 members (excludes halogenated alkanes) is 1. The van der Waals surface area contributed by atoms with Crippen LogP contribution in [0.1, 0.15) is 31.2 Å². The summed E-state index contributed by atoms with van der Waals surface area (Å²) in [4.78, 5) is 37.2. The number of amides is 1. The van der Waals surface area contributed by atoms with Crippen molar-refractivity contribution in [2.24, 2.45) is 0 Å². The van der Waals surface area contributed by atoms with E-state index in [0.29, 0.717) is 25.1 Å². The number of likely N-dealkylation sites (tertiary alicyclic amines) is 1. The lowest BCUT2D eigenvalue weighted by Crippen LogP contribution is -2.32. The molecule has 1 heterocycles. The monoisotopic (exact) mass is 389 g/mol. The Kier molecular flexibility index (Phi) is 9.11. The van der Waals surface area contributed by atoms with Gasteiger partial charge in [-0.25, -0.2) is 0 Å². The summed E-state index contributed by atoms with van der Waals surface area (Å²) in [6, 6.07) is 9.67. The number of carbonyl (C=O) groups is 3. The highest BCUT2D eigenvalue weighted by Gasteiger charge is 2.28. The zero-order chi connectivity index (χ0) is 19.5. The predicted molar refractivity (Wildman–Crippen MR) is 108 cm³/mol. The molecule has 5 nitrogen and oxygen atoms in total. The molecule has 0 N–H and O–H groups in total. The average Bonchev–Trinajstić information content (AvgIpc) is 3.03. The largest absolute Gasteiger partial charge is 0.468 e. The second-order valence-electron chi connectivity index (χ2n) is 6.52. The summed E-state index contributed by atoms with van der Waals surface area (Å²) in [6.07, 6.45) is 7.02. The maximum Gasteiger partial charge on any atom is 0.315 e. The lowest BCUT2D eigenvalue weighted by molar-refractivity contribution is -0.137. The number of hydrogen-bond acceptors (Lipinski definition) is 5. The maximum atomic E-state index is 12.1. The lowest BCUT2D eigenvalue weighted by atomic mass is 10.1. The van der Waals surface area contributed by atoms with Gasteiger partial charge in [0.2, 0.25) is 5.91 Å². The quantitative estimate of drug-likeness (QED) is 0.331. The van der Waals surface area contributed by atoms with E-state index in [-0.39, 0.29) is 23.7 Å². The van der Waals surface area contributed by atoms with E-state index in [1.165, 1.54) is 7.11 Å². The van der Waals surface area contributed by atoms with Crippen molar-refractivity contribution in [2.75, 3.05) is 25.2 Å². The second-order valence-corrected chi connectivity index (χ2v) is 7.62. The lowest BCUT2D eigenvalue weighted by Gasteiger charge is -2.22. The molecule has 0 radical (unpaired) electrons. The molecule has 0 bridgehead atoms. The first kappa shape index (κ1) is 21.2. The summed E-state index contributed by atoms with van der Waals surface area (Å²) < 4.78 is 4.60. The summed E-state index contributed by atoms with van der Waals surface area (Å²) in [6.45, 7) is 0.694. The van der Waals surface area contributed by atoms with Gasteiger partial charge in [0.25, 0.3) is 0 Å². The molecule has 1 aliphatic rings. The van der Waals surface area contributed by atoms with Gasteiger partial charge in [-0.05, 0) is 36.7 Å². The van der Waals surface area contributed by atoms with E-state index in [2.05, 4.69) is 4.74 Å². The Morgan fingerprint density at radius 1 is 1.26 bits per heavy atom. The molecule has 1 atom stereocenters. The molecule has 1 aromatic rings. The fourth-order valence-corrected chi connectivity index (χ4v) is 3.86. The highest BCUT2D eigenvalue weighted by atomic mass is 32.2. The average molecular weight is 390 g/mol. The number of hydrogen-bond donors (Lipinski definition) is 0. The normalized spacial score (nSPS) is 16.9. The number of rotatable bonds is 11. The number of allylic oxidation sites excluding steroid dienone is 1. The Labute approximate surface area is 165 Å². The van der Waals surface area contributed by atoms with Crippen molar-refractivity contribution >= 4 is 29.4 Å². The highest BCUT2D eigenvalue weighted by molar-refractivity contribution is 7.99. The molecule has 1 fully saturated rings. The van der Waals surface area contributed by atoms with E-state index >= 15 is 0 Å². The van der Waals surface area contributed by atoms with Crippen LogP contribution in [0.15, 0.2) is 42.5 Å². The van der Waals surface area contributed by atoms with Crippen LogP contribution >= 0.6 is 11.8 Å². The predicted octanol–water partition coefficient (Wildman–Crippen LogP) is 3.03. The van der Waals surface area contributed by atoms with Crippen LogP contribution in [0.25, 0.3) is 0 Å². The smallest absolute Gasteiger partial charge is 0.315 e. The Morgan fingerprint density at radius 2 is 2.04 bits per heavy atom. The van der Waals surface area contributed by atoms with Gasteiger partial charge in [0.1, 0.15) is 0 Å². The number of thioether (sulfide) groups is 1. The van der Waals surface area contributed by atoms with E-state index in [9.17, 15) is 14.4 Å². The third-order valence-electron chi connectivity index (χ3n) is 4.49. The zero-order valence-electron chi connectivity index (χ0n) is 15.8. The number of ketones is 1. The Hall–Kier alpha value is -2.08. The number of carbonyl (C=O) groups excluding carboxylic acids is 3. The first-order valence-electron chi connectivity index (χ1n) is 9.29. The van der Waals surface area contributed by atoms with Crippen molar-refractivity contribution in [3.05, 3.63) is 48.0 Å². The van der Waals surface area contributed by atoms with Crippen LogP contribution in [-0.2, 0) is 25.5 Å². The molecule has 0 aromatic heterocycles. The second kappa shape index (κ2) is 11.6. The van der Waals surface area contributed by atoms with E-state index in [4.69, 9.17) is 0 Å². The van der Waals surface area contributed by atoms with Crippen molar-refractivity contribution in [2.45, 2.75) is 38.1 Å². The first-order chi connectivity index (χ1) is 13.1. The standard InChI is InChI=1S/C21H27NO4S/c1-26-21(25)16-27-14-6-5-13-22-18(10-12-20(22)24)9-11-19(23)15-17-7-3-2-4-8-17/h2-4,7-9,11,18H,5-6,10,12-16H2,1H3. The first-order valence-corrected chi connectivity index (χ1v) is 10.4. The topological polar surface area (TPSA) is 63.7 Å². The summed E-state index contributed by atoms with van der Waals surface area (Å²) in [5.41, 5.74) is 0.996. The summed E-state index contributed by atoms with van der Waals surface area (Å²) in [5, 5.41) is 0. The minimum absolute atomic E-state index is 0.0138. The molecule has 6 heteroatoms. The van der Waals surface area contributed by atoms with Crippen LogP contribution in [-0.4, -0.2) is 53.8 Å². The summed E-state index contributed by atoms with van der Waals surface area (Å²) in [7, 11) is 1.39. The summed E-state index contributed by atoms with van der Waals surface area (Å²) in [5.74, 6) is 1.24. The molecule has 146 valence electrons. The molecule has 0 aliphatic carbocycles. The Bertz CT molecular complexity index is 659. The van der Waals surface area contributed by atoms with E-state index < -0.39 is 0 Å². The molecule has 2 rings (SSSR count). The maximum absolute atomic E-state index is 12.1. The van der Waals surface area contributed by atoms with Crippen molar-refractivity contribution in [1.29, 1.82) is 0 Å². The molecule has 1 amide bonds. The van der Waals surface area contributed by atoms with Gasteiger partial charge in [-0.3, -0.25) is 14.4 Å². The van der Waals surface area contributed by atoms with Gasteiger partial charge in [-0.2, -0.15) is 11.8 Å². The molecule has 1 saturated heterocycles. The molecule has 1 aliphatic heterocycles. The van der Waals surface area contributed by atoms with Gasteiger partial charge in [-0.1, -0.05) is 36.4 Å². The van der Waals surface area contributed by atoms with Crippen molar-refractivity contribution < 1.29 is 19.1 Å². The van der Waals surface area contributed by atoms with Crippen molar-refractivity contribution in [3.63, 3.8) is 0 Å². The Balaban J connectivity index is 1.73.